The summed E-state index contributed by atoms with van der Waals surface area (Å²) in [4.78, 5) is 60.3. The van der Waals surface area contributed by atoms with Gasteiger partial charge in [0.05, 0.1) is 24.9 Å². The van der Waals surface area contributed by atoms with Crippen LogP contribution < -0.4 is 0 Å². The van der Waals surface area contributed by atoms with E-state index in [9.17, 15) is 39.3 Å². The summed E-state index contributed by atoms with van der Waals surface area (Å²) < 4.78 is 16.4. The molecule has 2 fully saturated rings. The van der Waals surface area contributed by atoms with Crippen molar-refractivity contribution in [1.29, 1.82) is 0 Å². The number of hydrogen-bond donors (Lipinski definition) is 3. The zero-order chi connectivity index (χ0) is 36.4. The van der Waals surface area contributed by atoms with Crippen LogP contribution in [0.1, 0.15) is 108 Å². The lowest BCUT2D eigenvalue weighted by Gasteiger charge is -2.44. The molecule has 2 aromatic rings. The molecule has 2 aliphatic heterocycles. The molecule has 0 spiro atoms. The van der Waals surface area contributed by atoms with Crippen molar-refractivity contribution in [3.8, 4) is 0 Å². The second-order valence-corrected chi connectivity index (χ2v) is 14.7. The average molecular weight is 695 g/mol. The van der Waals surface area contributed by atoms with E-state index in [0.717, 1.165) is 11.1 Å². The second kappa shape index (κ2) is 16.7. The van der Waals surface area contributed by atoms with Gasteiger partial charge in [0.15, 0.2) is 0 Å². The molecule has 0 bridgehead atoms. The minimum atomic E-state index is -1.70. The lowest BCUT2D eigenvalue weighted by molar-refractivity contribution is -0.184. The van der Waals surface area contributed by atoms with Crippen LogP contribution in [-0.4, -0.2) is 75.5 Å². The second-order valence-electron chi connectivity index (χ2n) is 14.7. The number of ketones is 1. The van der Waals surface area contributed by atoms with Crippen LogP contribution >= 0.6 is 0 Å². The molecule has 0 saturated carbocycles. The molecule has 272 valence electrons. The molecule has 11 nitrogen and oxygen atoms in total. The van der Waals surface area contributed by atoms with E-state index in [-0.39, 0.29) is 44.5 Å². The van der Waals surface area contributed by atoms with Gasteiger partial charge in [0.25, 0.3) is 6.47 Å². The molecule has 3 N–H and O–H groups in total. The van der Waals surface area contributed by atoms with E-state index < -0.39 is 58.6 Å². The number of unbranched alkanes of at least 4 members (excludes halogenated alkanes) is 2. The Balaban J connectivity index is 1.33. The summed E-state index contributed by atoms with van der Waals surface area (Å²) in [5, 5.41) is 31.4. The van der Waals surface area contributed by atoms with Gasteiger partial charge < -0.3 is 29.5 Å². The van der Waals surface area contributed by atoms with Gasteiger partial charge in [-0.25, -0.2) is 0 Å². The average Bonchev–Trinajstić information content (AvgIpc) is 3.07. The van der Waals surface area contributed by atoms with Gasteiger partial charge in [-0.05, 0) is 36.8 Å². The van der Waals surface area contributed by atoms with Gasteiger partial charge in [0, 0.05) is 36.5 Å². The van der Waals surface area contributed by atoms with Crippen LogP contribution in [0.2, 0.25) is 0 Å². The van der Waals surface area contributed by atoms with E-state index in [0.29, 0.717) is 51.4 Å². The normalized spacial score (nSPS) is 26.1. The van der Waals surface area contributed by atoms with Crippen LogP contribution in [0.3, 0.4) is 0 Å². The summed E-state index contributed by atoms with van der Waals surface area (Å²) in [6, 6.07) is 19.1. The van der Waals surface area contributed by atoms with Crippen LogP contribution in [0.5, 0.6) is 0 Å². The van der Waals surface area contributed by atoms with Crippen molar-refractivity contribution in [3.05, 3.63) is 71.8 Å². The Labute approximate surface area is 293 Å². The van der Waals surface area contributed by atoms with Gasteiger partial charge in [-0.1, -0.05) is 87.4 Å². The first-order valence-electron chi connectivity index (χ1n) is 17.4. The molecule has 2 aliphatic rings. The fraction of sp³-hybridized carbons (Fsp3) is 0.564. The van der Waals surface area contributed by atoms with Crippen LogP contribution in [-0.2, 0) is 49.0 Å². The molecule has 2 heterocycles. The number of carboxylic acids is 1. The van der Waals surface area contributed by atoms with E-state index >= 15 is 0 Å². The van der Waals surface area contributed by atoms with E-state index in [2.05, 4.69) is 0 Å². The molecule has 0 aliphatic carbocycles. The number of carboxylic acid groups (broad SMARTS) is 1. The Morgan fingerprint density at radius 1 is 0.780 bits per heavy atom. The maximum Gasteiger partial charge on any atom is 0.309 e. The molecule has 6 unspecified atom stereocenters. The van der Waals surface area contributed by atoms with E-state index in [1.165, 1.54) is 0 Å². The summed E-state index contributed by atoms with van der Waals surface area (Å²) in [5.74, 6) is -2.25. The number of hydrogen-bond acceptors (Lipinski definition) is 10. The summed E-state index contributed by atoms with van der Waals surface area (Å²) >= 11 is 0. The third-order valence-corrected chi connectivity index (χ3v) is 10.6. The lowest BCUT2D eigenvalue weighted by atomic mass is 9.68. The molecule has 4 rings (SSSR count). The van der Waals surface area contributed by atoms with E-state index in [1.54, 1.807) is 0 Å². The summed E-state index contributed by atoms with van der Waals surface area (Å²) in [6.07, 6.45) is 2.00. The van der Waals surface area contributed by atoms with Crippen molar-refractivity contribution >= 4 is 30.2 Å². The third kappa shape index (κ3) is 10.0. The molecule has 0 aromatic heterocycles. The van der Waals surface area contributed by atoms with Crippen molar-refractivity contribution in [2.75, 3.05) is 6.61 Å². The Morgan fingerprint density at radius 2 is 1.22 bits per heavy atom. The van der Waals surface area contributed by atoms with Crippen molar-refractivity contribution in [1.82, 2.24) is 0 Å². The standard InChI is InChI=1S/C39H50O11/c1-36(28-13-5-3-6-14-28,31-21-38(46,23-33(42)43)24-34(44)49-31)19-11-9-17-30(41)18-10-12-20-37(2,29-15-7-4-8-16-29)32-22-39(47,26-48-27-40)25-35(45)50-32/h3-8,13-16,27,31-32,46-47H,9-12,17-26H2,1-2H3,(H,42,43). The smallest absolute Gasteiger partial charge is 0.309 e. The highest BCUT2D eigenvalue weighted by atomic mass is 16.6. The Morgan fingerprint density at radius 3 is 1.66 bits per heavy atom. The molecule has 0 amide bonds. The highest BCUT2D eigenvalue weighted by molar-refractivity contribution is 5.78. The van der Waals surface area contributed by atoms with Gasteiger partial charge in [-0.2, -0.15) is 0 Å². The summed E-state index contributed by atoms with van der Waals surface area (Å²) in [6.45, 7) is 3.90. The Hall–Kier alpha value is -4.09. The maximum atomic E-state index is 13.0. The molecular weight excluding hydrogens is 644 g/mol. The number of carbonyl (C=O) groups is 5. The molecule has 2 saturated heterocycles. The van der Waals surface area contributed by atoms with Crippen molar-refractivity contribution in [3.63, 3.8) is 0 Å². The number of ether oxygens (including phenoxy) is 3. The fourth-order valence-corrected chi connectivity index (χ4v) is 7.66. The van der Waals surface area contributed by atoms with Crippen molar-refractivity contribution in [2.45, 2.75) is 132 Å². The zero-order valence-corrected chi connectivity index (χ0v) is 29.0. The number of carbonyl (C=O) groups excluding carboxylic acids is 4. The number of cyclic esters (lactones) is 2. The van der Waals surface area contributed by atoms with Gasteiger partial charge >= 0.3 is 17.9 Å². The SMILES string of the molecule is CC(CCCCC(=O)CCCCC(C)(c1ccccc1)C1CC(O)(CC(=O)O)CC(=O)O1)(c1ccccc1)C1CC(O)(COC=O)CC(=O)O1. The maximum absolute atomic E-state index is 13.0. The highest BCUT2D eigenvalue weighted by Gasteiger charge is 2.50. The minimum Gasteiger partial charge on any atom is -0.481 e. The number of benzene rings is 2. The summed E-state index contributed by atoms with van der Waals surface area (Å²) in [7, 11) is 0. The zero-order valence-electron chi connectivity index (χ0n) is 29.0. The van der Waals surface area contributed by atoms with Gasteiger partial charge in [-0.3, -0.25) is 24.0 Å². The molecule has 6 atom stereocenters. The van der Waals surface area contributed by atoms with Crippen LogP contribution in [0.4, 0.5) is 0 Å². The van der Waals surface area contributed by atoms with Gasteiger partial charge in [0.2, 0.25) is 0 Å². The summed E-state index contributed by atoms with van der Waals surface area (Å²) in [5.41, 5.74) is -2.74. The molecule has 2 aromatic carbocycles. The van der Waals surface area contributed by atoms with Gasteiger partial charge in [-0.15, -0.1) is 0 Å². The first-order chi connectivity index (χ1) is 23.7. The predicted molar refractivity (Wildman–Crippen MR) is 182 cm³/mol. The molecule has 11 heteroatoms. The van der Waals surface area contributed by atoms with Crippen molar-refractivity contribution in [2.24, 2.45) is 0 Å². The van der Waals surface area contributed by atoms with Crippen LogP contribution in [0.15, 0.2) is 60.7 Å². The van der Waals surface area contributed by atoms with Crippen LogP contribution in [0, 0.1) is 0 Å². The minimum absolute atomic E-state index is 0.00311. The monoisotopic (exact) mass is 694 g/mol. The fourth-order valence-electron chi connectivity index (χ4n) is 7.66. The van der Waals surface area contributed by atoms with E-state index in [4.69, 9.17) is 14.2 Å². The van der Waals surface area contributed by atoms with E-state index in [1.807, 2.05) is 74.5 Å². The largest absolute Gasteiger partial charge is 0.481 e. The topological polar surface area (TPSA) is 174 Å². The number of Topliss-reactive ketones (excluding diaryl/α,β-unsaturated/α-hetero) is 1. The first-order valence-corrected chi connectivity index (χ1v) is 17.4. The third-order valence-electron chi connectivity index (χ3n) is 10.6. The predicted octanol–water partition coefficient (Wildman–Crippen LogP) is 5.11. The molecular formula is C39H50O11. The van der Waals surface area contributed by atoms with Gasteiger partial charge in [0.1, 0.15) is 30.2 Å². The Kier molecular flexibility index (Phi) is 13.0. The molecule has 0 radical (unpaired) electrons. The molecule has 50 heavy (non-hydrogen) atoms. The number of aliphatic hydroxyl groups is 2. The first kappa shape index (κ1) is 38.7. The highest BCUT2D eigenvalue weighted by Crippen LogP contribution is 2.44. The van der Waals surface area contributed by atoms with Crippen molar-refractivity contribution < 1.29 is 53.5 Å². The van der Waals surface area contributed by atoms with Crippen LogP contribution in [0.25, 0.3) is 0 Å². The number of aliphatic carboxylic acids is 1. The lowest BCUT2D eigenvalue weighted by Crippen LogP contribution is -2.53. The number of rotatable bonds is 19. The Bertz CT molecular complexity index is 1480. The quantitative estimate of drug-likeness (QED) is 0.0772. The number of esters is 2.